The zero-order chi connectivity index (χ0) is 14.5. The number of rotatable bonds is 1. The van der Waals surface area contributed by atoms with Crippen LogP contribution in [-0.4, -0.2) is 14.8 Å². The normalized spacial score (nSPS) is 12.2. The van der Waals surface area contributed by atoms with Crippen LogP contribution in [0.4, 0.5) is 18.9 Å². The number of nitrogen functional groups attached to an aromatic ring is 1. The van der Waals surface area contributed by atoms with Gasteiger partial charge in [0.25, 0.3) is 0 Å². The molecule has 0 amide bonds. The Morgan fingerprint density at radius 1 is 1.30 bits per heavy atom. The second kappa shape index (κ2) is 4.03. The number of H-pyrrole nitrogens is 1. The number of anilines is 1. The molecule has 2 heterocycles. The molecule has 3 aromatic rings. The van der Waals surface area contributed by atoms with Gasteiger partial charge in [0.15, 0.2) is 0 Å². The van der Waals surface area contributed by atoms with Crippen molar-refractivity contribution in [3.8, 4) is 11.3 Å². The lowest BCUT2D eigenvalue weighted by atomic mass is 10.1. The molecule has 0 bridgehead atoms. The van der Waals surface area contributed by atoms with E-state index in [-0.39, 0.29) is 0 Å². The average Bonchev–Trinajstić information content (AvgIpc) is 2.92. The molecule has 20 heavy (non-hydrogen) atoms. The van der Waals surface area contributed by atoms with Gasteiger partial charge in [0.05, 0.1) is 23.1 Å². The Morgan fingerprint density at radius 2 is 2.05 bits per heavy atom. The molecular formula is C13H11F3N4. The number of hydrogen-bond acceptors (Lipinski definition) is 2. The van der Waals surface area contributed by atoms with Gasteiger partial charge in [0.2, 0.25) is 0 Å². The lowest BCUT2D eigenvalue weighted by molar-refractivity contribution is -0.137. The third-order valence-electron chi connectivity index (χ3n) is 3.23. The van der Waals surface area contributed by atoms with Gasteiger partial charge in [-0.15, -0.1) is 0 Å². The van der Waals surface area contributed by atoms with Gasteiger partial charge in [-0.2, -0.15) is 18.3 Å². The number of halogens is 3. The number of hydrogen-bond donors (Lipinski definition) is 2. The zero-order valence-corrected chi connectivity index (χ0v) is 10.5. The summed E-state index contributed by atoms with van der Waals surface area (Å²) in [6.07, 6.45) is -1.21. The molecule has 0 unspecified atom stereocenters. The first-order valence-electron chi connectivity index (χ1n) is 5.84. The topological polar surface area (TPSA) is 59.6 Å². The summed E-state index contributed by atoms with van der Waals surface area (Å²) in [5, 5.41) is 4.71. The van der Waals surface area contributed by atoms with E-state index in [1.54, 1.807) is 17.9 Å². The van der Waals surface area contributed by atoms with Gasteiger partial charge in [-0.1, -0.05) is 6.07 Å². The lowest BCUT2D eigenvalue weighted by Crippen LogP contribution is -2.04. The number of aryl methyl sites for hydroxylation is 1. The van der Waals surface area contributed by atoms with Crippen molar-refractivity contribution in [2.75, 3.05) is 5.73 Å². The smallest absolute Gasteiger partial charge is 0.396 e. The van der Waals surface area contributed by atoms with E-state index in [2.05, 4.69) is 10.1 Å². The summed E-state index contributed by atoms with van der Waals surface area (Å²) in [6.45, 7) is 0. The molecule has 1 aromatic carbocycles. The Bertz CT molecular complexity index is 763. The molecule has 3 N–H and O–H groups in total. The molecule has 104 valence electrons. The molecule has 4 nitrogen and oxygen atoms in total. The molecule has 2 aromatic heterocycles. The summed E-state index contributed by atoms with van der Waals surface area (Å²) >= 11 is 0. The molecule has 0 radical (unpaired) electrons. The largest absolute Gasteiger partial charge is 0.416 e. The summed E-state index contributed by atoms with van der Waals surface area (Å²) in [7, 11) is 1.73. The highest BCUT2D eigenvalue weighted by atomic mass is 19.4. The molecule has 0 fully saturated rings. The Morgan fingerprint density at radius 3 is 2.65 bits per heavy atom. The zero-order valence-electron chi connectivity index (χ0n) is 10.5. The van der Waals surface area contributed by atoms with E-state index in [0.29, 0.717) is 22.3 Å². The highest BCUT2D eigenvalue weighted by Crippen LogP contribution is 2.35. The Balaban J connectivity index is 2.21. The van der Waals surface area contributed by atoms with Crippen molar-refractivity contribution in [3.63, 3.8) is 0 Å². The number of nitrogens with one attached hydrogen (secondary N) is 1. The number of aromatic amines is 1. The molecule has 0 saturated heterocycles. The average molecular weight is 280 g/mol. The quantitative estimate of drug-likeness (QED) is 0.719. The van der Waals surface area contributed by atoms with Crippen molar-refractivity contribution in [2.24, 2.45) is 7.05 Å². The maximum absolute atomic E-state index is 12.7. The van der Waals surface area contributed by atoms with Crippen LogP contribution >= 0.6 is 0 Å². The van der Waals surface area contributed by atoms with Crippen LogP contribution in [0, 0.1) is 0 Å². The number of nitrogens with zero attached hydrogens (tertiary/aromatic N) is 2. The van der Waals surface area contributed by atoms with E-state index in [9.17, 15) is 13.2 Å². The van der Waals surface area contributed by atoms with Crippen LogP contribution in [0.1, 0.15) is 5.56 Å². The number of aromatic nitrogens is 3. The molecule has 7 heteroatoms. The van der Waals surface area contributed by atoms with Crippen molar-refractivity contribution >= 4 is 16.6 Å². The molecule has 0 aliphatic carbocycles. The van der Waals surface area contributed by atoms with Gasteiger partial charge >= 0.3 is 6.18 Å². The van der Waals surface area contributed by atoms with Gasteiger partial charge in [0, 0.05) is 29.7 Å². The van der Waals surface area contributed by atoms with Crippen LogP contribution in [0.5, 0.6) is 0 Å². The number of alkyl halides is 3. The highest BCUT2D eigenvalue weighted by Gasteiger charge is 2.30. The van der Waals surface area contributed by atoms with Crippen LogP contribution in [-0.2, 0) is 13.2 Å². The predicted octanol–water partition coefficient (Wildman–Crippen LogP) is 3.17. The molecule has 0 aliphatic heterocycles. The lowest BCUT2D eigenvalue weighted by Gasteiger charge is -2.07. The second-order valence-corrected chi connectivity index (χ2v) is 4.53. The SMILES string of the molecule is Cn1ncc(N)c1-c1c[nH]c2cc(C(F)(F)F)ccc12. The van der Waals surface area contributed by atoms with Crippen molar-refractivity contribution in [2.45, 2.75) is 6.18 Å². The Hall–Kier alpha value is -2.44. The summed E-state index contributed by atoms with van der Waals surface area (Å²) in [4.78, 5) is 2.85. The van der Waals surface area contributed by atoms with Crippen molar-refractivity contribution in [3.05, 3.63) is 36.2 Å². The maximum atomic E-state index is 12.7. The van der Waals surface area contributed by atoms with Crippen LogP contribution in [0.2, 0.25) is 0 Å². The van der Waals surface area contributed by atoms with Gasteiger partial charge in [-0.05, 0) is 12.1 Å². The first kappa shape index (κ1) is 12.6. The minimum absolute atomic E-state index is 0.412. The maximum Gasteiger partial charge on any atom is 0.416 e. The summed E-state index contributed by atoms with van der Waals surface area (Å²) < 4.78 is 39.6. The molecule has 0 atom stereocenters. The van der Waals surface area contributed by atoms with E-state index in [0.717, 1.165) is 17.7 Å². The fourth-order valence-corrected chi connectivity index (χ4v) is 2.28. The molecule has 0 saturated carbocycles. The second-order valence-electron chi connectivity index (χ2n) is 4.53. The van der Waals surface area contributed by atoms with Crippen molar-refractivity contribution < 1.29 is 13.2 Å². The van der Waals surface area contributed by atoms with Crippen LogP contribution in [0.15, 0.2) is 30.6 Å². The van der Waals surface area contributed by atoms with E-state index in [1.807, 2.05) is 0 Å². The van der Waals surface area contributed by atoms with Crippen LogP contribution < -0.4 is 5.73 Å². The van der Waals surface area contributed by atoms with Gasteiger partial charge in [-0.25, -0.2) is 0 Å². The van der Waals surface area contributed by atoms with Crippen molar-refractivity contribution in [1.82, 2.24) is 14.8 Å². The van der Waals surface area contributed by atoms with Crippen LogP contribution in [0.25, 0.3) is 22.2 Å². The standard InChI is InChI=1S/C13H11F3N4/c1-20-12(10(17)6-19-20)9-5-18-11-4-7(13(14,15)16)2-3-8(9)11/h2-6,18H,17H2,1H3. The molecule has 3 rings (SSSR count). The number of benzene rings is 1. The minimum atomic E-state index is -4.36. The third-order valence-corrected chi connectivity index (χ3v) is 3.23. The first-order chi connectivity index (χ1) is 9.38. The summed E-state index contributed by atoms with van der Waals surface area (Å²) in [5.41, 5.74) is 7.46. The van der Waals surface area contributed by atoms with Gasteiger partial charge in [-0.3, -0.25) is 4.68 Å². The van der Waals surface area contributed by atoms with E-state index < -0.39 is 11.7 Å². The monoisotopic (exact) mass is 280 g/mol. The van der Waals surface area contributed by atoms with E-state index in [1.165, 1.54) is 12.3 Å². The summed E-state index contributed by atoms with van der Waals surface area (Å²) in [5.74, 6) is 0. The minimum Gasteiger partial charge on any atom is -0.396 e. The number of nitrogens with two attached hydrogens (primary N) is 1. The predicted molar refractivity (Wildman–Crippen MR) is 69.9 cm³/mol. The summed E-state index contributed by atoms with van der Waals surface area (Å²) in [6, 6.07) is 3.59. The number of fused-ring (bicyclic) bond motifs is 1. The molecular weight excluding hydrogens is 269 g/mol. The highest BCUT2D eigenvalue weighted by molar-refractivity contribution is 5.97. The van der Waals surface area contributed by atoms with Crippen LogP contribution in [0.3, 0.4) is 0 Å². The third kappa shape index (κ3) is 1.82. The van der Waals surface area contributed by atoms with E-state index in [4.69, 9.17) is 5.73 Å². The fraction of sp³-hybridized carbons (Fsp3) is 0.154. The molecule has 0 spiro atoms. The fourth-order valence-electron chi connectivity index (χ4n) is 2.28. The first-order valence-corrected chi connectivity index (χ1v) is 5.84. The Kier molecular flexibility index (Phi) is 2.53. The van der Waals surface area contributed by atoms with Crippen molar-refractivity contribution in [1.29, 1.82) is 0 Å². The Labute approximate surface area is 112 Å². The van der Waals surface area contributed by atoms with Gasteiger partial charge in [0.1, 0.15) is 0 Å². The van der Waals surface area contributed by atoms with E-state index >= 15 is 0 Å². The van der Waals surface area contributed by atoms with Gasteiger partial charge < -0.3 is 10.7 Å². The molecule has 0 aliphatic rings.